The summed E-state index contributed by atoms with van der Waals surface area (Å²) in [5, 5.41) is 0.00970. The Morgan fingerprint density at radius 3 is 2.29 bits per heavy atom. The minimum Gasteiger partial charge on any atom is -0.166 e. The lowest BCUT2D eigenvalue weighted by Gasteiger charge is -2.11. The van der Waals surface area contributed by atoms with E-state index in [1.54, 1.807) is 0 Å². The zero-order valence-corrected chi connectivity index (χ0v) is 9.73. The Morgan fingerprint density at radius 1 is 1.29 bits per heavy atom. The van der Waals surface area contributed by atoms with Crippen molar-refractivity contribution in [2.24, 2.45) is 0 Å². The molecule has 0 heterocycles. The number of hydrogen-bond acceptors (Lipinski definition) is 0. The molecule has 0 nitrogen and oxygen atoms in total. The van der Waals surface area contributed by atoms with Crippen LogP contribution in [-0.2, 0) is 12.1 Å². The molecule has 0 aliphatic heterocycles. The van der Waals surface area contributed by atoms with E-state index in [-0.39, 0.29) is 15.4 Å². The van der Waals surface area contributed by atoms with Gasteiger partial charge in [-0.3, -0.25) is 0 Å². The fourth-order valence-electron chi connectivity index (χ4n) is 0.929. The van der Waals surface area contributed by atoms with Gasteiger partial charge in [-0.2, -0.15) is 13.2 Å². The first kappa shape index (κ1) is 12.1. The van der Waals surface area contributed by atoms with E-state index in [1.165, 1.54) is 6.07 Å². The molecule has 0 atom stereocenters. The predicted octanol–water partition coefficient (Wildman–Crippen LogP) is 4.86. The van der Waals surface area contributed by atoms with Crippen LogP contribution in [0.1, 0.15) is 11.1 Å². The Labute approximate surface area is 97.1 Å². The Kier molecular flexibility index (Phi) is 3.72. The van der Waals surface area contributed by atoms with Crippen molar-refractivity contribution in [1.82, 2.24) is 0 Å². The summed E-state index contributed by atoms with van der Waals surface area (Å²) in [7, 11) is 0. The van der Waals surface area contributed by atoms with E-state index < -0.39 is 11.7 Å². The van der Waals surface area contributed by atoms with Crippen LogP contribution in [0.5, 0.6) is 0 Å². The largest absolute Gasteiger partial charge is 0.417 e. The maximum atomic E-state index is 12.4. The molecule has 1 aromatic carbocycles. The molecule has 0 N–H and O–H groups in total. The summed E-state index contributed by atoms with van der Waals surface area (Å²) >= 11 is 13.8. The number of halogens is 6. The lowest BCUT2D eigenvalue weighted by atomic mass is 10.1. The van der Waals surface area contributed by atoms with Crippen molar-refractivity contribution in [1.29, 1.82) is 0 Å². The predicted molar refractivity (Wildman–Crippen MR) is 53.7 cm³/mol. The molecule has 0 aromatic heterocycles. The molecule has 0 unspecified atom stereocenters. The highest BCUT2D eigenvalue weighted by molar-refractivity contribution is 9.10. The summed E-state index contributed by atoms with van der Waals surface area (Å²) in [5.74, 6) is -0.00389. The Morgan fingerprint density at radius 2 is 1.86 bits per heavy atom. The van der Waals surface area contributed by atoms with Crippen molar-refractivity contribution in [3.05, 3.63) is 32.8 Å². The summed E-state index contributed by atoms with van der Waals surface area (Å²) in [5.41, 5.74) is -0.465. The van der Waals surface area contributed by atoms with Crippen molar-refractivity contribution in [3.8, 4) is 0 Å². The number of hydrogen-bond donors (Lipinski definition) is 0. The molecule has 14 heavy (non-hydrogen) atoms. The SMILES string of the molecule is FC(F)(F)c1cc(CCl)cc(Cl)c1Br. The molecule has 78 valence electrons. The van der Waals surface area contributed by atoms with E-state index in [9.17, 15) is 13.2 Å². The zero-order valence-electron chi connectivity index (χ0n) is 6.63. The van der Waals surface area contributed by atoms with Crippen LogP contribution in [0, 0.1) is 0 Å². The number of rotatable bonds is 1. The molecule has 0 aliphatic rings. The van der Waals surface area contributed by atoms with Gasteiger partial charge >= 0.3 is 6.18 Å². The molecule has 6 heteroatoms. The smallest absolute Gasteiger partial charge is 0.166 e. The van der Waals surface area contributed by atoms with E-state index in [4.69, 9.17) is 23.2 Å². The average molecular weight is 308 g/mol. The molecule has 0 bridgehead atoms. The zero-order chi connectivity index (χ0) is 10.9. The van der Waals surface area contributed by atoms with Gasteiger partial charge in [0.05, 0.1) is 10.6 Å². The molecular formula is C8H4BrCl2F3. The summed E-state index contributed by atoms with van der Waals surface area (Å²) in [6.07, 6.45) is -4.43. The maximum absolute atomic E-state index is 12.4. The summed E-state index contributed by atoms with van der Waals surface area (Å²) in [6.45, 7) is 0. The maximum Gasteiger partial charge on any atom is 0.417 e. The monoisotopic (exact) mass is 306 g/mol. The van der Waals surface area contributed by atoms with Gasteiger partial charge in [0.15, 0.2) is 0 Å². The van der Waals surface area contributed by atoms with Gasteiger partial charge in [-0.25, -0.2) is 0 Å². The fourth-order valence-corrected chi connectivity index (χ4v) is 1.78. The normalized spacial score (nSPS) is 11.9. The van der Waals surface area contributed by atoms with E-state index in [0.717, 1.165) is 6.07 Å². The minimum absolute atomic E-state index is 0.00389. The lowest BCUT2D eigenvalue weighted by molar-refractivity contribution is -0.138. The number of benzene rings is 1. The molecule has 0 fully saturated rings. The Hall–Kier alpha value is 0.0700. The second-order valence-corrected chi connectivity index (χ2v) is 4.04. The van der Waals surface area contributed by atoms with Crippen molar-refractivity contribution in [2.45, 2.75) is 12.1 Å². The first-order chi connectivity index (χ1) is 6.36. The first-order valence-electron chi connectivity index (χ1n) is 3.47. The van der Waals surface area contributed by atoms with Gasteiger partial charge in [-0.05, 0) is 33.6 Å². The molecule has 0 spiro atoms. The van der Waals surface area contributed by atoms with Crippen LogP contribution < -0.4 is 0 Å². The van der Waals surface area contributed by atoms with Gasteiger partial charge in [0, 0.05) is 10.4 Å². The first-order valence-corrected chi connectivity index (χ1v) is 5.18. The molecule has 1 aromatic rings. The quantitative estimate of drug-likeness (QED) is 0.650. The highest BCUT2D eigenvalue weighted by Gasteiger charge is 2.34. The standard InChI is InChI=1S/C8H4BrCl2F3/c9-7-5(8(12,13)14)1-4(3-10)2-6(7)11/h1-2H,3H2. The van der Waals surface area contributed by atoms with Crippen molar-refractivity contribution in [3.63, 3.8) is 0 Å². The van der Waals surface area contributed by atoms with Crippen molar-refractivity contribution >= 4 is 39.1 Å². The van der Waals surface area contributed by atoms with Gasteiger partial charge in [0.2, 0.25) is 0 Å². The molecule has 1 rings (SSSR count). The third-order valence-electron chi connectivity index (χ3n) is 1.55. The third kappa shape index (κ3) is 2.55. The van der Waals surface area contributed by atoms with Crippen LogP contribution in [0.2, 0.25) is 5.02 Å². The van der Waals surface area contributed by atoms with Crippen LogP contribution in [0.15, 0.2) is 16.6 Å². The Balaban J connectivity index is 3.35. The number of alkyl halides is 4. The van der Waals surface area contributed by atoms with E-state index in [1.807, 2.05) is 0 Å². The summed E-state index contributed by atoms with van der Waals surface area (Å²) in [4.78, 5) is 0. The highest BCUT2D eigenvalue weighted by atomic mass is 79.9. The van der Waals surface area contributed by atoms with Gasteiger partial charge in [0.25, 0.3) is 0 Å². The summed E-state index contributed by atoms with van der Waals surface area (Å²) < 4.78 is 37.1. The van der Waals surface area contributed by atoms with Crippen molar-refractivity contribution < 1.29 is 13.2 Å². The Bertz CT molecular complexity index is 349. The van der Waals surface area contributed by atoms with Gasteiger partial charge in [0.1, 0.15) is 0 Å². The second-order valence-electron chi connectivity index (χ2n) is 2.57. The molecule has 0 saturated carbocycles. The molecular weight excluding hydrogens is 304 g/mol. The minimum atomic E-state index is -4.43. The van der Waals surface area contributed by atoms with Crippen LogP contribution in [0.4, 0.5) is 13.2 Å². The summed E-state index contributed by atoms with van der Waals surface area (Å²) in [6, 6.07) is 2.37. The van der Waals surface area contributed by atoms with Crippen LogP contribution in [0.3, 0.4) is 0 Å². The lowest BCUT2D eigenvalue weighted by Crippen LogP contribution is -2.07. The van der Waals surface area contributed by atoms with Gasteiger partial charge < -0.3 is 0 Å². The molecule has 0 radical (unpaired) electrons. The average Bonchev–Trinajstić information content (AvgIpc) is 2.07. The van der Waals surface area contributed by atoms with E-state index in [0.29, 0.717) is 5.56 Å². The molecule has 0 amide bonds. The fraction of sp³-hybridized carbons (Fsp3) is 0.250. The van der Waals surface area contributed by atoms with E-state index >= 15 is 0 Å². The second kappa shape index (κ2) is 4.29. The topological polar surface area (TPSA) is 0 Å². The van der Waals surface area contributed by atoms with Crippen LogP contribution >= 0.6 is 39.1 Å². The third-order valence-corrected chi connectivity index (χ3v) is 3.24. The van der Waals surface area contributed by atoms with Crippen molar-refractivity contribution in [2.75, 3.05) is 0 Å². The van der Waals surface area contributed by atoms with Crippen LogP contribution in [-0.4, -0.2) is 0 Å². The van der Waals surface area contributed by atoms with Crippen LogP contribution in [0.25, 0.3) is 0 Å². The molecule has 0 saturated heterocycles. The highest BCUT2D eigenvalue weighted by Crippen LogP contribution is 2.39. The van der Waals surface area contributed by atoms with E-state index in [2.05, 4.69) is 15.9 Å². The van der Waals surface area contributed by atoms with Gasteiger partial charge in [-0.15, -0.1) is 11.6 Å². The molecule has 0 aliphatic carbocycles. The van der Waals surface area contributed by atoms with Gasteiger partial charge in [-0.1, -0.05) is 11.6 Å².